The number of benzene rings is 1. The number of nitrogens with zero attached hydrogens (tertiary/aromatic N) is 2. The third-order valence-electron chi connectivity index (χ3n) is 5.22. The lowest BCUT2D eigenvalue weighted by Crippen LogP contribution is -2.39. The third-order valence-corrected chi connectivity index (χ3v) is 6.09. The lowest BCUT2D eigenvalue weighted by atomic mass is 10.00. The summed E-state index contributed by atoms with van der Waals surface area (Å²) in [7, 11) is 0. The Hall–Kier alpha value is -1.68. The van der Waals surface area contributed by atoms with Gasteiger partial charge in [0, 0.05) is 24.0 Å². The van der Waals surface area contributed by atoms with Gasteiger partial charge in [0.05, 0.1) is 6.04 Å². The van der Waals surface area contributed by atoms with Gasteiger partial charge in [0.15, 0.2) is 0 Å². The van der Waals surface area contributed by atoms with Gasteiger partial charge in [-0.3, -0.25) is 4.79 Å². The highest BCUT2D eigenvalue weighted by atomic mass is 32.1. The van der Waals surface area contributed by atoms with Crippen LogP contribution in [-0.2, 0) is 4.79 Å². The number of piperidine rings is 1. The summed E-state index contributed by atoms with van der Waals surface area (Å²) < 4.78 is 0. The van der Waals surface area contributed by atoms with Crippen LogP contribution in [0.5, 0.6) is 0 Å². The van der Waals surface area contributed by atoms with Crippen molar-refractivity contribution in [2.24, 2.45) is 5.92 Å². The van der Waals surface area contributed by atoms with Crippen molar-refractivity contribution in [2.75, 3.05) is 6.54 Å². The van der Waals surface area contributed by atoms with Crippen molar-refractivity contribution in [2.45, 2.75) is 44.6 Å². The number of hydrogen-bond donors (Lipinski definition) is 0. The molecule has 2 fully saturated rings. The summed E-state index contributed by atoms with van der Waals surface area (Å²) in [5.41, 5.74) is 2.66. The van der Waals surface area contributed by atoms with Gasteiger partial charge in [-0.05, 0) is 49.7 Å². The van der Waals surface area contributed by atoms with Crippen LogP contribution < -0.4 is 0 Å². The van der Waals surface area contributed by atoms with Crippen LogP contribution in [0.15, 0.2) is 35.8 Å². The number of carbonyl (C=O) groups is 1. The molecule has 120 valence electrons. The Balaban J connectivity index is 1.51. The summed E-state index contributed by atoms with van der Waals surface area (Å²) in [6, 6.07) is 8.69. The molecule has 0 radical (unpaired) electrons. The Morgan fingerprint density at radius 1 is 1.30 bits per heavy atom. The van der Waals surface area contributed by atoms with Crippen LogP contribution in [0.3, 0.4) is 0 Å². The van der Waals surface area contributed by atoms with Gasteiger partial charge in [0.1, 0.15) is 5.01 Å². The van der Waals surface area contributed by atoms with Crippen molar-refractivity contribution >= 4 is 17.2 Å². The number of aryl methyl sites for hydroxylation is 1. The molecule has 4 heteroatoms. The van der Waals surface area contributed by atoms with Crippen LogP contribution in [0.4, 0.5) is 0 Å². The molecule has 0 unspecified atom stereocenters. The molecule has 2 aromatic rings. The highest BCUT2D eigenvalue weighted by Crippen LogP contribution is 2.50. The Morgan fingerprint density at radius 2 is 2.17 bits per heavy atom. The first kappa shape index (κ1) is 14.9. The second-order valence-corrected chi connectivity index (χ2v) is 7.64. The SMILES string of the molecule is Cc1ccccc1[C@@H]1C[C@@H]1C(=O)N1CCCC[C@@H]1c1nccs1. The minimum Gasteiger partial charge on any atom is -0.333 e. The van der Waals surface area contributed by atoms with E-state index in [9.17, 15) is 4.79 Å². The van der Waals surface area contributed by atoms with E-state index in [0.29, 0.717) is 11.8 Å². The van der Waals surface area contributed by atoms with Crippen molar-refractivity contribution < 1.29 is 4.79 Å². The van der Waals surface area contributed by atoms with Gasteiger partial charge in [-0.25, -0.2) is 4.98 Å². The molecule has 1 aliphatic heterocycles. The van der Waals surface area contributed by atoms with Crippen LogP contribution in [0.1, 0.15) is 53.8 Å². The van der Waals surface area contributed by atoms with E-state index in [-0.39, 0.29) is 12.0 Å². The maximum atomic E-state index is 13.1. The fraction of sp³-hybridized carbons (Fsp3) is 0.474. The molecule has 4 rings (SSSR count). The summed E-state index contributed by atoms with van der Waals surface area (Å²) in [5, 5.41) is 3.12. The van der Waals surface area contributed by atoms with Crippen LogP contribution in [0.25, 0.3) is 0 Å². The van der Waals surface area contributed by atoms with Crippen molar-refractivity contribution in [1.29, 1.82) is 0 Å². The average molecular weight is 326 g/mol. The first-order valence-electron chi connectivity index (χ1n) is 8.51. The number of amides is 1. The molecule has 0 spiro atoms. The number of hydrogen-bond acceptors (Lipinski definition) is 3. The van der Waals surface area contributed by atoms with Gasteiger partial charge >= 0.3 is 0 Å². The zero-order valence-corrected chi connectivity index (χ0v) is 14.3. The predicted molar refractivity (Wildman–Crippen MR) is 92.4 cm³/mol. The molecule has 2 aliphatic rings. The Labute approximate surface area is 141 Å². The van der Waals surface area contributed by atoms with Gasteiger partial charge in [-0.1, -0.05) is 24.3 Å². The van der Waals surface area contributed by atoms with Crippen LogP contribution in [0, 0.1) is 12.8 Å². The molecule has 3 nitrogen and oxygen atoms in total. The molecule has 1 aromatic heterocycles. The molecule has 1 aliphatic carbocycles. The molecule has 1 saturated heterocycles. The lowest BCUT2D eigenvalue weighted by molar-refractivity contribution is -0.136. The van der Waals surface area contributed by atoms with Crippen LogP contribution >= 0.6 is 11.3 Å². The fourth-order valence-corrected chi connectivity index (χ4v) is 4.66. The third kappa shape index (κ3) is 2.80. The topological polar surface area (TPSA) is 33.2 Å². The van der Waals surface area contributed by atoms with Gasteiger partial charge in [0.25, 0.3) is 0 Å². The van der Waals surface area contributed by atoms with Crippen molar-refractivity contribution in [1.82, 2.24) is 9.88 Å². The minimum atomic E-state index is 0.177. The van der Waals surface area contributed by atoms with Crippen molar-refractivity contribution in [3.05, 3.63) is 52.0 Å². The van der Waals surface area contributed by atoms with Crippen LogP contribution in [0.2, 0.25) is 0 Å². The maximum Gasteiger partial charge on any atom is 0.226 e. The first-order valence-corrected chi connectivity index (χ1v) is 9.39. The second-order valence-electron chi connectivity index (χ2n) is 6.72. The average Bonchev–Trinajstić information content (AvgIpc) is 3.18. The summed E-state index contributed by atoms with van der Waals surface area (Å²) in [4.78, 5) is 19.6. The smallest absolute Gasteiger partial charge is 0.226 e. The van der Waals surface area contributed by atoms with E-state index in [1.807, 2.05) is 11.6 Å². The second kappa shape index (κ2) is 6.08. The van der Waals surface area contributed by atoms with E-state index in [4.69, 9.17) is 0 Å². The molecule has 0 bridgehead atoms. The molecule has 3 atom stereocenters. The highest BCUT2D eigenvalue weighted by molar-refractivity contribution is 7.09. The zero-order chi connectivity index (χ0) is 15.8. The normalized spacial score (nSPS) is 27.0. The molecular weight excluding hydrogens is 304 g/mol. The quantitative estimate of drug-likeness (QED) is 0.842. The monoisotopic (exact) mass is 326 g/mol. The number of likely N-dealkylation sites (tertiary alicyclic amines) is 1. The standard InChI is InChI=1S/C19H22N2OS/c1-13-6-2-3-7-14(13)15-12-16(15)19(22)21-10-5-4-8-17(21)18-20-9-11-23-18/h2-3,6-7,9,11,15-17H,4-5,8,10,12H2,1H3/t15-,16-,17+/m0/s1. The van der Waals surface area contributed by atoms with Gasteiger partial charge in [0.2, 0.25) is 5.91 Å². The maximum absolute atomic E-state index is 13.1. The molecule has 23 heavy (non-hydrogen) atoms. The summed E-state index contributed by atoms with van der Waals surface area (Å²) in [5.74, 6) is 0.942. The largest absolute Gasteiger partial charge is 0.333 e. The summed E-state index contributed by atoms with van der Waals surface area (Å²) >= 11 is 1.68. The van der Waals surface area contributed by atoms with E-state index in [1.54, 1.807) is 11.3 Å². The van der Waals surface area contributed by atoms with Gasteiger partial charge in [-0.15, -0.1) is 11.3 Å². The molecule has 1 aromatic carbocycles. The molecular formula is C19H22N2OS. The molecule has 0 N–H and O–H groups in total. The molecule has 1 amide bonds. The number of rotatable bonds is 3. The Morgan fingerprint density at radius 3 is 2.96 bits per heavy atom. The van der Waals surface area contributed by atoms with Gasteiger partial charge in [-0.2, -0.15) is 0 Å². The minimum absolute atomic E-state index is 0.177. The summed E-state index contributed by atoms with van der Waals surface area (Å²) in [6.45, 7) is 3.04. The van der Waals surface area contributed by atoms with Gasteiger partial charge < -0.3 is 4.90 Å². The molecule has 1 saturated carbocycles. The number of carbonyl (C=O) groups excluding carboxylic acids is 1. The van der Waals surface area contributed by atoms with Crippen LogP contribution in [-0.4, -0.2) is 22.3 Å². The van der Waals surface area contributed by atoms with E-state index in [1.165, 1.54) is 17.5 Å². The highest BCUT2D eigenvalue weighted by Gasteiger charge is 2.47. The number of thiazole rings is 1. The van der Waals surface area contributed by atoms with E-state index < -0.39 is 0 Å². The van der Waals surface area contributed by atoms with Crippen molar-refractivity contribution in [3.63, 3.8) is 0 Å². The first-order chi connectivity index (χ1) is 11.3. The van der Waals surface area contributed by atoms with E-state index in [2.05, 4.69) is 41.1 Å². The van der Waals surface area contributed by atoms with E-state index in [0.717, 1.165) is 30.8 Å². The predicted octanol–water partition coefficient (Wildman–Crippen LogP) is 4.31. The fourth-order valence-electron chi connectivity index (χ4n) is 3.88. The van der Waals surface area contributed by atoms with Crippen molar-refractivity contribution in [3.8, 4) is 0 Å². The summed E-state index contributed by atoms with van der Waals surface area (Å²) in [6.07, 6.45) is 6.23. The Bertz CT molecular complexity index is 697. The molecule has 2 heterocycles. The zero-order valence-electron chi connectivity index (χ0n) is 13.4. The lowest BCUT2D eigenvalue weighted by Gasteiger charge is -2.35. The van der Waals surface area contributed by atoms with E-state index >= 15 is 0 Å². The number of aromatic nitrogens is 1. The Kier molecular flexibility index (Phi) is 3.93.